The summed E-state index contributed by atoms with van der Waals surface area (Å²) in [6.07, 6.45) is 3.38. The first-order valence-electron chi connectivity index (χ1n) is 6.20. The van der Waals surface area contributed by atoms with E-state index < -0.39 is 0 Å². The predicted octanol–water partition coefficient (Wildman–Crippen LogP) is 1.26. The van der Waals surface area contributed by atoms with Crippen molar-refractivity contribution in [3.05, 3.63) is 33.9 Å². The Labute approximate surface area is 120 Å². The topological polar surface area (TPSA) is 110 Å². The van der Waals surface area contributed by atoms with E-state index in [1.54, 1.807) is 6.20 Å². The van der Waals surface area contributed by atoms with Crippen molar-refractivity contribution >= 4 is 17.7 Å². The van der Waals surface area contributed by atoms with Crippen molar-refractivity contribution in [3.63, 3.8) is 0 Å². The van der Waals surface area contributed by atoms with Crippen LogP contribution in [0, 0.1) is 6.92 Å². The van der Waals surface area contributed by atoms with Gasteiger partial charge in [0.25, 0.3) is 5.56 Å². The van der Waals surface area contributed by atoms with Crippen molar-refractivity contribution in [3.8, 4) is 0 Å². The van der Waals surface area contributed by atoms with Crippen LogP contribution in [0.2, 0.25) is 0 Å². The van der Waals surface area contributed by atoms with Crippen LogP contribution in [0.15, 0.2) is 27.2 Å². The van der Waals surface area contributed by atoms with Crippen molar-refractivity contribution < 1.29 is 0 Å². The number of nitrogens with one attached hydrogen (secondary N) is 2. The van der Waals surface area contributed by atoms with Gasteiger partial charge in [0.2, 0.25) is 5.95 Å². The molecular formula is C12H16N6OS. The van der Waals surface area contributed by atoms with Crippen molar-refractivity contribution in [1.82, 2.24) is 19.9 Å². The molecule has 0 fully saturated rings. The van der Waals surface area contributed by atoms with Crippen LogP contribution in [0.1, 0.15) is 24.6 Å². The van der Waals surface area contributed by atoms with Gasteiger partial charge in [-0.05, 0) is 25.1 Å². The summed E-state index contributed by atoms with van der Waals surface area (Å²) in [6.45, 7) is 3.93. The zero-order chi connectivity index (χ0) is 14.5. The van der Waals surface area contributed by atoms with Crippen LogP contribution in [-0.2, 0) is 6.42 Å². The third kappa shape index (κ3) is 3.55. The number of rotatable bonds is 5. The molecule has 0 spiro atoms. The number of hydrogen-bond donors (Lipinski definition) is 3. The van der Waals surface area contributed by atoms with Crippen LogP contribution < -0.4 is 16.8 Å². The summed E-state index contributed by atoms with van der Waals surface area (Å²) in [7, 11) is 0. The van der Waals surface area contributed by atoms with Crippen LogP contribution in [0.5, 0.6) is 0 Å². The molecule has 0 unspecified atom stereocenters. The summed E-state index contributed by atoms with van der Waals surface area (Å²) < 4.78 is 0. The molecule has 0 atom stereocenters. The number of aromatic amines is 1. The Morgan fingerprint density at radius 3 is 2.95 bits per heavy atom. The fraction of sp³-hybridized carbons (Fsp3) is 0.333. The maximum absolute atomic E-state index is 11.6. The Morgan fingerprint density at radius 1 is 1.45 bits per heavy atom. The Morgan fingerprint density at radius 2 is 2.25 bits per heavy atom. The third-order valence-corrected chi connectivity index (χ3v) is 3.52. The standard InChI is InChI=1S/C12H16N6OS/c1-3-4-8-5-9(19)16-12(15-8)20-10-7(2)6-14-11(17-10)18-13/h5-6H,3-4,13H2,1-2H3,(H,14,17,18)(H,15,16,19). The first kappa shape index (κ1) is 14.5. The molecular weight excluding hydrogens is 276 g/mol. The normalized spacial score (nSPS) is 10.6. The molecule has 0 bridgehead atoms. The van der Waals surface area contributed by atoms with E-state index in [4.69, 9.17) is 5.84 Å². The highest BCUT2D eigenvalue weighted by Gasteiger charge is 2.08. The van der Waals surface area contributed by atoms with Gasteiger partial charge in [0.05, 0.1) is 0 Å². The lowest BCUT2D eigenvalue weighted by molar-refractivity contribution is 0.814. The molecule has 0 aromatic carbocycles. The highest BCUT2D eigenvalue weighted by atomic mass is 32.2. The molecule has 2 heterocycles. The van der Waals surface area contributed by atoms with E-state index in [-0.39, 0.29) is 5.56 Å². The highest BCUT2D eigenvalue weighted by Crippen LogP contribution is 2.25. The number of nitrogens with zero attached hydrogens (tertiary/aromatic N) is 3. The summed E-state index contributed by atoms with van der Waals surface area (Å²) in [4.78, 5) is 27.0. The quantitative estimate of drug-likeness (QED) is 0.329. The van der Waals surface area contributed by atoms with E-state index in [0.29, 0.717) is 16.1 Å². The maximum atomic E-state index is 11.6. The average Bonchev–Trinajstić information content (AvgIpc) is 2.41. The minimum Gasteiger partial charge on any atom is -0.301 e. The van der Waals surface area contributed by atoms with Gasteiger partial charge in [0.1, 0.15) is 5.03 Å². The van der Waals surface area contributed by atoms with Gasteiger partial charge in [-0.1, -0.05) is 13.3 Å². The molecule has 2 rings (SSSR count). The molecule has 4 N–H and O–H groups in total. The van der Waals surface area contributed by atoms with Gasteiger partial charge >= 0.3 is 0 Å². The van der Waals surface area contributed by atoms with E-state index in [0.717, 1.165) is 24.1 Å². The van der Waals surface area contributed by atoms with E-state index >= 15 is 0 Å². The summed E-state index contributed by atoms with van der Waals surface area (Å²) in [5, 5.41) is 1.22. The van der Waals surface area contributed by atoms with E-state index in [1.807, 2.05) is 13.8 Å². The van der Waals surface area contributed by atoms with Crippen LogP contribution in [0.4, 0.5) is 5.95 Å². The predicted molar refractivity (Wildman–Crippen MR) is 77.6 cm³/mol. The summed E-state index contributed by atoms with van der Waals surface area (Å²) in [5.41, 5.74) is 3.90. The van der Waals surface area contributed by atoms with Gasteiger partial charge in [-0.3, -0.25) is 10.2 Å². The molecule has 0 aliphatic heterocycles. The molecule has 7 nitrogen and oxygen atoms in total. The molecule has 0 saturated heterocycles. The van der Waals surface area contributed by atoms with Crippen LogP contribution in [-0.4, -0.2) is 19.9 Å². The fourth-order valence-electron chi connectivity index (χ4n) is 1.61. The molecule has 20 heavy (non-hydrogen) atoms. The number of H-pyrrole nitrogens is 1. The second-order valence-electron chi connectivity index (χ2n) is 4.22. The lowest BCUT2D eigenvalue weighted by Crippen LogP contribution is -2.12. The minimum absolute atomic E-state index is 0.158. The SMILES string of the molecule is CCCc1cc(=O)[nH]c(Sc2nc(NN)ncc2C)n1. The summed E-state index contributed by atoms with van der Waals surface area (Å²) in [5.74, 6) is 5.62. The van der Waals surface area contributed by atoms with Gasteiger partial charge in [-0.2, -0.15) is 0 Å². The highest BCUT2D eigenvalue weighted by molar-refractivity contribution is 7.99. The average molecular weight is 292 g/mol. The van der Waals surface area contributed by atoms with Gasteiger partial charge in [0.15, 0.2) is 5.16 Å². The van der Waals surface area contributed by atoms with Gasteiger partial charge in [-0.25, -0.2) is 20.8 Å². The number of hydrogen-bond acceptors (Lipinski definition) is 7. The van der Waals surface area contributed by atoms with Crippen LogP contribution in [0.3, 0.4) is 0 Å². The number of anilines is 1. The van der Waals surface area contributed by atoms with Gasteiger partial charge in [0, 0.05) is 23.5 Å². The molecule has 0 aliphatic carbocycles. The Balaban J connectivity index is 2.31. The van der Waals surface area contributed by atoms with Crippen LogP contribution >= 0.6 is 11.8 Å². The molecule has 106 valence electrons. The smallest absolute Gasteiger partial charge is 0.251 e. The zero-order valence-corrected chi connectivity index (χ0v) is 12.1. The second kappa shape index (κ2) is 6.49. The van der Waals surface area contributed by atoms with E-state index in [9.17, 15) is 4.79 Å². The Bertz CT molecular complexity index is 657. The minimum atomic E-state index is -0.158. The molecule has 8 heteroatoms. The number of nitrogen functional groups attached to an aromatic ring is 1. The zero-order valence-electron chi connectivity index (χ0n) is 11.3. The van der Waals surface area contributed by atoms with E-state index in [2.05, 4.69) is 25.4 Å². The number of aryl methyl sites for hydroxylation is 2. The number of hydrazine groups is 1. The third-order valence-electron chi connectivity index (χ3n) is 2.53. The molecule has 0 radical (unpaired) electrons. The number of nitrogens with two attached hydrogens (primary N) is 1. The van der Waals surface area contributed by atoms with Crippen LogP contribution in [0.25, 0.3) is 0 Å². The van der Waals surface area contributed by atoms with Gasteiger partial charge < -0.3 is 4.98 Å². The molecule has 2 aromatic heterocycles. The van der Waals surface area contributed by atoms with Crippen molar-refractivity contribution in [2.24, 2.45) is 5.84 Å². The summed E-state index contributed by atoms with van der Waals surface area (Å²) in [6, 6.07) is 1.52. The van der Waals surface area contributed by atoms with Crippen molar-refractivity contribution in [2.75, 3.05) is 5.43 Å². The first-order chi connectivity index (χ1) is 9.62. The van der Waals surface area contributed by atoms with Gasteiger partial charge in [-0.15, -0.1) is 0 Å². The Hall–Kier alpha value is -1.93. The fourth-order valence-corrected chi connectivity index (χ4v) is 2.45. The largest absolute Gasteiger partial charge is 0.301 e. The molecule has 2 aromatic rings. The lowest BCUT2D eigenvalue weighted by atomic mass is 10.2. The molecule has 0 saturated carbocycles. The van der Waals surface area contributed by atoms with Crippen molar-refractivity contribution in [1.29, 1.82) is 0 Å². The second-order valence-corrected chi connectivity index (χ2v) is 5.20. The molecule has 0 aliphatic rings. The first-order valence-corrected chi connectivity index (χ1v) is 7.02. The van der Waals surface area contributed by atoms with E-state index in [1.165, 1.54) is 17.8 Å². The summed E-state index contributed by atoms with van der Waals surface area (Å²) >= 11 is 1.28. The number of aromatic nitrogens is 4. The monoisotopic (exact) mass is 292 g/mol. The molecule has 0 amide bonds. The maximum Gasteiger partial charge on any atom is 0.251 e. The van der Waals surface area contributed by atoms with Crippen molar-refractivity contribution in [2.45, 2.75) is 36.9 Å². The lowest BCUT2D eigenvalue weighted by Gasteiger charge is -2.06. The Kier molecular flexibility index (Phi) is 4.70.